The van der Waals surface area contributed by atoms with Gasteiger partial charge in [0.05, 0.1) is 0 Å². The van der Waals surface area contributed by atoms with E-state index in [0.29, 0.717) is 18.5 Å². The molecule has 0 saturated carbocycles. The largest absolute Gasteiger partial charge is 0.433 e. The third kappa shape index (κ3) is 2.55. The molecule has 2 rings (SSSR count). The molecule has 1 unspecified atom stereocenters. The van der Waals surface area contributed by atoms with Gasteiger partial charge in [-0.2, -0.15) is 13.2 Å². The smallest absolute Gasteiger partial charge is 0.327 e. The molecule has 17 heavy (non-hydrogen) atoms. The van der Waals surface area contributed by atoms with Crippen LogP contribution in [0.5, 0.6) is 0 Å². The van der Waals surface area contributed by atoms with Crippen molar-refractivity contribution in [1.29, 1.82) is 0 Å². The number of rotatable bonds is 1. The number of nitrogens with two attached hydrogens (primary N) is 1. The van der Waals surface area contributed by atoms with Gasteiger partial charge < -0.3 is 5.73 Å². The SMILES string of the molecule is CSc1nc2c(c(C(F)(F)F)n1)CC(N)CC2. The second kappa shape index (κ2) is 4.45. The molecule has 94 valence electrons. The standard InChI is InChI=1S/C10H12F3N3S/c1-17-9-15-7-3-2-5(14)4-6(7)8(16-9)10(11,12)13/h5H,2-4,14H2,1H3. The normalized spacial score (nSPS) is 20.2. The summed E-state index contributed by atoms with van der Waals surface area (Å²) in [6.45, 7) is 0. The summed E-state index contributed by atoms with van der Waals surface area (Å²) in [5, 5.41) is 0.173. The molecular formula is C10H12F3N3S. The lowest BCUT2D eigenvalue weighted by Crippen LogP contribution is -2.31. The van der Waals surface area contributed by atoms with Crippen molar-refractivity contribution in [3.05, 3.63) is 17.0 Å². The van der Waals surface area contributed by atoms with Gasteiger partial charge in [0.15, 0.2) is 10.9 Å². The Morgan fingerprint density at radius 1 is 1.35 bits per heavy atom. The van der Waals surface area contributed by atoms with E-state index in [4.69, 9.17) is 5.73 Å². The minimum Gasteiger partial charge on any atom is -0.327 e. The highest BCUT2D eigenvalue weighted by molar-refractivity contribution is 7.98. The maximum Gasteiger partial charge on any atom is 0.433 e. The van der Waals surface area contributed by atoms with Crippen LogP contribution in [0.1, 0.15) is 23.4 Å². The molecule has 0 spiro atoms. The van der Waals surface area contributed by atoms with Crippen molar-refractivity contribution < 1.29 is 13.2 Å². The van der Waals surface area contributed by atoms with Crippen molar-refractivity contribution in [2.45, 2.75) is 36.6 Å². The van der Waals surface area contributed by atoms with Crippen molar-refractivity contribution in [3.63, 3.8) is 0 Å². The monoisotopic (exact) mass is 263 g/mol. The van der Waals surface area contributed by atoms with Crippen LogP contribution in [-0.2, 0) is 19.0 Å². The highest BCUT2D eigenvalue weighted by Gasteiger charge is 2.38. The van der Waals surface area contributed by atoms with Crippen LogP contribution in [-0.4, -0.2) is 22.3 Å². The van der Waals surface area contributed by atoms with Gasteiger partial charge in [-0.1, -0.05) is 11.8 Å². The Balaban J connectivity index is 2.56. The molecule has 0 bridgehead atoms. The summed E-state index contributed by atoms with van der Waals surface area (Å²) in [6, 6.07) is -0.229. The van der Waals surface area contributed by atoms with E-state index in [9.17, 15) is 13.2 Å². The average molecular weight is 263 g/mol. The Morgan fingerprint density at radius 2 is 2.06 bits per heavy atom. The number of fused-ring (bicyclic) bond motifs is 1. The van der Waals surface area contributed by atoms with Crippen LogP contribution in [0, 0.1) is 0 Å². The number of nitrogens with zero attached hydrogens (tertiary/aromatic N) is 2. The van der Waals surface area contributed by atoms with Crippen molar-refractivity contribution in [3.8, 4) is 0 Å². The van der Waals surface area contributed by atoms with Gasteiger partial charge in [-0.25, -0.2) is 9.97 Å². The Bertz CT molecular complexity index is 434. The quantitative estimate of drug-likeness (QED) is 0.622. The molecule has 1 aromatic heterocycles. The minimum atomic E-state index is -4.44. The zero-order chi connectivity index (χ0) is 12.6. The van der Waals surface area contributed by atoms with E-state index < -0.39 is 11.9 Å². The number of aromatic nitrogens is 2. The molecule has 0 aliphatic heterocycles. The molecule has 0 fully saturated rings. The van der Waals surface area contributed by atoms with E-state index >= 15 is 0 Å². The molecule has 0 amide bonds. The predicted molar refractivity (Wildman–Crippen MR) is 58.8 cm³/mol. The van der Waals surface area contributed by atoms with E-state index in [0.717, 1.165) is 11.8 Å². The summed E-state index contributed by atoms with van der Waals surface area (Å²) in [5.74, 6) is 0. The van der Waals surface area contributed by atoms with Crippen molar-refractivity contribution >= 4 is 11.8 Å². The number of hydrogen-bond donors (Lipinski definition) is 1. The summed E-state index contributed by atoms with van der Waals surface area (Å²) in [7, 11) is 0. The molecule has 2 N–H and O–H groups in total. The summed E-state index contributed by atoms with van der Waals surface area (Å²) < 4.78 is 38.6. The van der Waals surface area contributed by atoms with Crippen LogP contribution in [0.25, 0.3) is 0 Å². The minimum absolute atomic E-state index is 0.173. The molecule has 1 heterocycles. The van der Waals surface area contributed by atoms with E-state index in [1.807, 2.05) is 0 Å². The van der Waals surface area contributed by atoms with E-state index in [2.05, 4.69) is 9.97 Å². The van der Waals surface area contributed by atoms with Gasteiger partial charge in [-0.15, -0.1) is 0 Å². The van der Waals surface area contributed by atoms with Crippen molar-refractivity contribution in [1.82, 2.24) is 9.97 Å². The molecule has 1 aliphatic carbocycles. The fourth-order valence-electron chi connectivity index (χ4n) is 1.94. The molecular weight excluding hydrogens is 251 g/mol. The fourth-order valence-corrected chi connectivity index (χ4v) is 2.33. The van der Waals surface area contributed by atoms with Crippen LogP contribution in [0.15, 0.2) is 5.16 Å². The molecule has 3 nitrogen and oxygen atoms in total. The first-order chi connectivity index (χ1) is 7.91. The van der Waals surface area contributed by atoms with Crippen molar-refractivity contribution in [2.24, 2.45) is 5.73 Å². The summed E-state index contributed by atoms with van der Waals surface area (Å²) >= 11 is 1.12. The zero-order valence-corrected chi connectivity index (χ0v) is 10.0. The lowest BCUT2D eigenvalue weighted by Gasteiger charge is -2.23. The van der Waals surface area contributed by atoms with E-state index in [-0.39, 0.29) is 23.2 Å². The van der Waals surface area contributed by atoms with Crippen LogP contribution in [0.2, 0.25) is 0 Å². The second-order valence-electron chi connectivity index (χ2n) is 3.98. The summed E-state index contributed by atoms with van der Waals surface area (Å²) in [6.07, 6.45) is -1.39. The second-order valence-corrected chi connectivity index (χ2v) is 4.76. The number of thioether (sulfide) groups is 1. The number of aryl methyl sites for hydroxylation is 1. The van der Waals surface area contributed by atoms with Gasteiger partial charge in [0.2, 0.25) is 0 Å². The maximum absolute atomic E-state index is 12.9. The maximum atomic E-state index is 12.9. The Hall–Kier alpha value is -0.820. The van der Waals surface area contributed by atoms with Crippen molar-refractivity contribution in [2.75, 3.05) is 6.26 Å². The highest BCUT2D eigenvalue weighted by atomic mass is 32.2. The molecule has 0 saturated heterocycles. The van der Waals surface area contributed by atoms with Gasteiger partial charge in [-0.3, -0.25) is 0 Å². The average Bonchev–Trinajstić information content (AvgIpc) is 2.26. The number of alkyl halides is 3. The van der Waals surface area contributed by atoms with Gasteiger partial charge in [0.1, 0.15) is 0 Å². The Kier molecular flexibility index (Phi) is 3.31. The molecule has 1 aliphatic rings. The van der Waals surface area contributed by atoms with Crippen LogP contribution in [0.4, 0.5) is 13.2 Å². The number of hydrogen-bond acceptors (Lipinski definition) is 4. The molecule has 7 heteroatoms. The van der Waals surface area contributed by atoms with Gasteiger partial charge >= 0.3 is 6.18 Å². The first kappa shape index (κ1) is 12.6. The molecule has 1 aromatic rings. The summed E-state index contributed by atoms with van der Waals surface area (Å²) in [4.78, 5) is 7.72. The summed E-state index contributed by atoms with van der Waals surface area (Å²) in [5.41, 5.74) is 5.56. The lowest BCUT2D eigenvalue weighted by atomic mass is 9.91. The first-order valence-corrected chi connectivity index (χ1v) is 6.41. The fraction of sp³-hybridized carbons (Fsp3) is 0.600. The Labute approximate surface area is 101 Å². The lowest BCUT2D eigenvalue weighted by molar-refractivity contribution is -0.142. The van der Waals surface area contributed by atoms with Gasteiger partial charge in [0.25, 0.3) is 0 Å². The third-order valence-corrected chi connectivity index (χ3v) is 3.29. The molecule has 0 aromatic carbocycles. The van der Waals surface area contributed by atoms with Gasteiger partial charge in [0, 0.05) is 17.3 Å². The Morgan fingerprint density at radius 3 is 2.65 bits per heavy atom. The van der Waals surface area contributed by atoms with Crippen LogP contribution < -0.4 is 5.73 Å². The van der Waals surface area contributed by atoms with Gasteiger partial charge in [-0.05, 0) is 25.5 Å². The third-order valence-electron chi connectivity index (χ3n) is 2.74. The van der Waals surface area contributed by atoms with Crippen LogP contribution in [0.3, 0.4) is 0 Å². The van der Waals surface area contributed by atoms with E-state index in [1.54, 1.807) is 6.26 Å². The van der Waals surface area contributed by atoms with Crippen LogP contribution >= 0.6 is 11.8 Å². The predicted octanol–water partition coefficient (Wildman–Crippen LogP) is 2.03. The van der Waals surface area contributed by atoms with E-state index in [1.165, 1.54) is 0 Å². The number of halogens is 3. The highest BCUT2D eigenvalue weighted by Crippen LogP contribution is 2.35. The molecule has 0 radical (unpaired) electrons. The zero-order valence-electron chi connectivity index (χ0n) is 9.21. The topological polar surface area (TPSA) is 51.8 Å². The molecule has 1 atom stereocenters. The first-order valence-electron chi connectivity index (χ1n) is 5.18.